The smallest absolute Gasteiger partial charge is 0.319 e. The Kier molecular flexibility index (Phi) is 6.42. The monoisotopic (exact) mass is 426 g/mol. The fourth-order valence-corrected chi connectivity index (χ4v) is 5.19. The lowest BCUT2D eigenvalue weighted by Crippen LogP contribution is -2.53. The van der Waals surface area contributed by atoms with Crippen LogP contribution >= 0.6 is 0 Å². The normalized spacial score (nSPS) is 19.3. The van der Waals surface area contributed by atoms with Gasteiger partial charge in [0.1, 0.15) is 5.82 Å². The SMILES string of the molecule is CN(C)C(=O)N1CCC(C(=O)N2CCN(S(=O)(=O)c3ccc(F)cc3)CC2)CC1. The molecule has 0 spiro atoms. The number of piperidine rings is 1. The Labute approximate surface area is 170 Å². The first kappa shape index (κ1) is 21.5. The van der Waals surface area contributed by atoms with E-state index in [1.54, 1.807) is 23.9 Å². The van der Waals surface area contributed by atoms with E-state index in [0.29, 0.717) is 39.0 Å². The van der Waals surface area contributed by atoms with Crippen LogP contribution in [0.1, 0.15) is 12.8 Å². The summed E-state index contributed by atoms with van der Waals surface area (Å²) >= 11 is 0. The second-order valence-corrected chi connectivity index (χ2v) is 9.56. The molecule has 10 heteroatoms. The summed E-state index contributed by atoms with van der Waals surface area (Å²) in [6.45, 7) is 2.18. The summed E-state index contributed by atoms with van der Waals surface area (Å²) in [4.78, 5) is 29.9. The third-order valence-corrected chi connectivity index (χ3v) is 7.41. The number of carbonyl (C=O) groups is 2. The number of hydrogen-bond acceptors (Lipinski definition) is 4. The second kappa shape index (κ2) is 8.66. The average Bonchev–Trinajstić information content (AvgIpc) is 2.73. The molecule has 0 N–H and O–H groups in total. The van der Waals surface area contributed by atoms with Gasteiger partial charge in [0.25, 0.3) is 0 Å². The third kappa shape index (κ3) is 4.69. The summed E-state index contributed by atoms with van der Waals surface area (Å²) in [6, 6.07) is 4.71. The van der Waals surface area contributed by atoms with E-state index in [1.165, 1.54) is 21.3 Å². The highest BCUT2D eigenvalue weighted by Crippen LogP contribution is 2.23. The standard InChI is InChI=1S/C19H27FN4O4S/c1-21(2)19(26)23-9-7-15(8-10-23)18(25)22-11-13-24(14-12-22)29(27,28)17-5-3-16(20)4-6-17/h3-6,15H,7-14H2,1-2H3. The van der Waals surface area contributed by atoms with E-state index < -0.39 is 15.8 Å². The van der Waals surface area contributed by atoms with Crippen molar-refractivity contribution in [2.24, 2.45) is 5.92 Å². The van der Waals surface area contributed by atoms with Crippen LogP contribution in [0.4, 0.5) is 9.18 Å². The zero-order valence-electron chi connectivity index (χ0n) is 16.8. The van der Waals surface area contributed by atoms with Crippen molar-refractivity contribution in [1.29, 1.82) is 0 Å². The van der Waals surface area contributed by atoms with E-state index in [4.69, 9.17) is 0 Å². The molecule has 0 saturated carbocycles. The Morgan fingerprint density at radius 1 is 0.931 bits per heavy atom. The maximum Gasteiger partial charge on any atom is 0.319 e. The summed E-state index contributed by atoms with van der Waals surface area (Å²) in [6.07, 6.45) is 1.24. The number of sulfonamides is 1. The first-order valence-electron chi connectivity index (χ1n) is 9.71. The Balaban J connectivity index is 1.54. The first-order valence-corrected chi connectivity index (χ1v) is 11.1. The zero-order chi connectivity index (χ0) is 21.2. The van der Waals surface area contributed by atoms with Gasteiger partial charge in [-0.15, -0.1) is 0 Å². The molecule has 2 saturated heterocycles. The zero-order valence-corrected chi connectivity index (χ0v) is 17.6. The van der Waals surface area contributed by atoms with Crippen LogP contribution in [0.25, 0.3) is 0 Å². The van der Waals surface area contributed by atoms with Gasteiger partial charge in [0.2, 0.25) is 15.9 Å². The molecule has 0 bridgehead atoms. The summed E-state index contributed by atoms with van der Waals surface area (Å²) in [7, 11) is -0.283. The Hall–Kier alpha value is -2.20. The molecule has 0 aromatic heterocycles. The Morgan fingerprint density at radius 2 is 1.48 bits per heavy atom. The minimum atomic E-state index is -3.70. The van der Waals surface area contributed by atoms with Crippen molar-refractivity contribution < 1.29 is 22.4 Å². The van der Waals surface area contributed by atoms with Crippen molar-refractivity contribution in [2.75, 3.05) is 53.4 Å². The van der Waals surface area contributed by atoms with E-state index >= 15 is 0 Å². The Bertz CT molecular complexity index is 843. The molecule has 2 aliphatic heterocycles. The molecule has 0 aliphatic carbocycles. The number of hydrogen-bond donors (Lipinski definition) is 0. The van der Waals surface area contributed by atoms with E-state index in [0.717, 1.165) is 12.1 Å². The minimum absolute atomic E-state index is 0.0285. The van der Waals surface area contributed by atoms with Gasteiger partial charge in [-0.3, -0.25) is 4.79 Å². The highest BCUT2D eigenvalue weighted by molar-refractivity contribution is 7.89. The number of carbonyl (C=O) groups excluding carboxylic acids is 2. The fourth-order valence-electron chi connectivity index (χ4n) is 3.76. The van der Waals surface area contributed by atoms with Gasteiger partial charge in [0.05, 0.1) is 4.90 Å². The maximum absolute atomic E-state index is 13.1. The van der Waals surface area contributed by atoms with E-state index in [9.17, 15) is 22.4 Å². The van der Waals surface area contributed by atoms with Crippen LogP contribution in [-0.4, -0.2) is 92.7 Å². The van der Waals surface area contributed by atoms with Gasteiger partial charge < -0.3 is 14.7 Å². The summed E-state index contributed by atoms with van der Waals surface area (Å²) in [5.74, 6) is -0.597. The quantitative estimate of drug-likeness (QED) is 0.724. The topological polar surface area (TPSA) is 81.2 Å². The summed E-state index contributed by atoms with van der Waals surface area (Å²) in [5, 5.41) is 0. The van der Waals surface area contributed by atoms with Crippen molar-refractivity contribution >= 4 is 22.0 Å². The molecule has 8 nitrogen and oxygen atoms in total. The number of nitrogens with zero attached hydrogens (tertiary/aromatic N) is 4. The van der Waals surface area contributed by atoms with Crippen molar-refractivity contribution in [3.05, 3.63) is 30.1 Å². The maximum atomic E-state index is 13.1. The van der Waals surface area contributed by atoms with Crippen LogP contribution < -0.4 is 0 Å². The molecule has 0 unspecified atom stereocenters. The van der Waals surface area contributed by atoms with Crippen molar-refractivity contribution in [2.45, 2.75) is 17.7 Å². The minimum Gasteiger partial charge on any atom is -0.340 e. The largest absolute Gasteiger partial charge is 0.340 e. The molecule has 3 rings (SSSR count). The predicted molar refractivity (Wildman–Crippen MR) is 105 cm³/mol. The number of likely N-dealkylation sites (tertiary alicyclic amines) is 1. The number of piperazine rings is 1. The average molecular weight is 427 g/mol. The third-order valence-electron chi connectivity index (χ3n) is 5.50. The molecule has 160 valence electrons. The molecule has 1 aromatic carbocycles. The van der Waals surface area contributed by atoms with Crippen molar-refractivity contribution in [1.82, 2.24) is 19.0 Å². The highest BCUT2D eigenvalue weighted by Gasteiger charge is 2.34. The molecule has 2 heterocycles. The first-order chi connectivity index (χ1) is 13.7. The number of benzene rings is 1. The van der Waals surface area contributed by atoms with Crippen LogP contribution in [0.15, 0.2) is 29.2 Å². The molecular formula is C19H27FN4O4S. The molecular weight excluding hydrogens is 399 g/mol. The van der Waals surface area contributed by atoms with Crippen LogP contribution in [-0.2, 0) is 14.8 Å². The van der Waals surface area contributed by atoms with E-state index in [1.807, 2.05) is 0 Å². The summed E-state index contributed by atoms with van der Waals surface area (Å²) in [5.41, 5.74) is 0. The van der Waals surface area contributed by atoms with Gasteiger partial charge in [-0.1, -0.05) is 0 Å². The van der Waals surface area contributed by atoms with Gasteiger partial charge in [0.15, 0.2) is 0 Å². The number of rotatable bonds is 3. The molecule has 0 atom stereocenters. The molecule has 0 radical (unpaired) electrons. The van der Waals surface area contributed by atoms with Crippen LogP contribution in [0, 0.1) is 11.7 Å². The molecule has 2 fully saturated rings. The number of amides is 3. The lowest BCUT2D eigenvalue weighted by molar-refractivity contribution is -0.138. The van der Waals surface area contributed by atoms with Gasteiger partial charge in [-0.25, -0.2) is 17.6 Å². The fraction of sp³-hybridized carbons (Fsp3) is 0.579. The Morgan fingerprint density at radius 3 is 2.00 bits per heavy atom. The second-order valence-electron chi connectivity index (χ2n) is 7.62. The molecule has 3 amide bonds. The summed E-state index contributed by atoms with van der Waals surface area (Å²) < 4.78 is 39.8. The van der Waals surface area contributed by atoms with Crippen molar-refractivity contribution in [3.8, 4) is 0 Å². The van der Waals surface area contributed by atoms with Crippen LogP contribution in [0.5, 0.6) is 0 Å². The van der Waals surface area contributed by atoms with E-state index in [-0.39, 0.29) is 35.8 Å². The van der Waals surface area contributed by atoms with Gasteiger partial charge in [-0.2, -0.15) is 4.31 Å². The van der Waals surface area contributed by atoms with Gasteiger partial charge >= 0.3 is 6.03 Å². The molecule has 2 aliphatic rings. The number of halogens is 1. The predicted octanol–water partition coefficient (Wildman–Crippen LogP) is 1.05. The van der Waals surface area contributed by atoms with E-state index in [2.05, 4.69) is 0 Å². The van der Waals surface area contributed by atoms with Crippen LogP contribution in [0.2, 0.25) is 0 Å². The highest BCUT2D eigenvalue weighted by atomic mass is 32.2. The molecule has 29 heavy (non-hydrogen) atoms. The number of urea groups is 1. The lowest BCUT2D eigenvalue weighted by atomic mass is 9.95. The van der Waals surface area contributed by atoms with Crippen molar-refractivity contribution in [3.63, 3.8) is 0 Å². The van der Waals surface area contributed by atoms with Crippen LogP contribution in [0.3, 0.4) is 0 Å². The van der Waals surface area contributed by atoms with Gasteiger partial charge in [-0.05, 0) is 37.1 Å². The molecule has 1 aromatic rings. The van der Waals surface area contributed by atoms with Gasteiger partial charge in [0, 0.05) is 59.3 Å². The lowest BCUT2D eigenvalue weighted by Gasteiger charge is -2.38.